The molecule has 5 rings (SSSR count). The molecule has 0 amide bonds. The maximum Gasteiger partial charge on any atom is 0.335 e. The number of aliphatic hydroxyl groups is 2. The number of ketones is 1. The van der Waals surface area contributed by atoms with Crippen molar-refractivity contribution in [3.05, 3.63) is 24.2 Å². The first kappa shape index (κ1) is 24.5. The third-order valence-electron chi connectivity index (χ3n) is 10.5. The lowest BCUT2D eigenvalue weighted by atomic mass is 9.37. The minimum Gasteiger partial charge on any atom is -0.472 e. The number of fused-ring (bicyclic) bond motifs is 6. The van der Waals surface area contributed by atoms with Crippen LogP contribution in [0.2, 0.25) is 0 Å². The van der Waals surface area contributed by atoms with Crippen LogP contribution >= 0.6 is 0 Å². The van der Waals surface area contributed by atoms with Crippen molar-refractivity contribution in [3.63, 3.8) is 0 Å². The summed E-state index contributed by atoms with van der Waals surface area (Å²) in [5.41, 5.74) is -1.47. The number of furan rings is 1. The molecule has 1 saturated heterocycles. The molecule has 4 aliphatic rings. The van der Waals surface area contributed by atoms with Crippen LogP contribution in [0.5, 0.6) is 0 Å². The van der Waals surface area contributed by atoms with Gasteiger partial charge in [-0.05, 0) is 48.5 Å². The smallest absolute Gasteiger partial charge is 0.335 e. The van der Waals surface area contributed by atoms with Crippen molar-refractivity contribution in [1.29, 1.82) is 0 Å². The van der Waals surface area contributed by atoms with Gasteiger partial charge in [-0.25, -0.2) is 4.79 Å². The SMILES string of the molecule is COC(=O)[C@H](O)C1C(C)(C)[C@H](O)[C@@H]2C[C@H]3[C@@H]4CC(=O)O[C@@H](c5ccoc5)[C@]4(C)CC[C@@H]3[C@@]1(C)C2=O. The van der Waals surface area contributed by atoms with Gasteiger partial charge in [0, 0.05) is 34.7 Å². The minimum absolute atomic E-state index is 0.0400. The number of ether oxygens (including phenoxy) is 2. The van der Waals surface area contributed by atoms with Crippen molar-refractivity contribution in [3.8, 4) is 0 Å². The molecule has 3 aliphatic carbocycles. The molecule has 8 nitrogen and oxygen atoms in total. The molecule has 1 unspecified atom stereocenters. The number of aliphatic hydroxyl groups excluding tert-OH is 2. The van der Waals surface area contributed by atoms with E-state index in [-0.39, 0.29) is 41.3 Å². The van der Waals surface area contributed by atoms with Crippen LogP contribution in [0.4, 0.5) is 0 Å². The summed E-state index contributed by atoms with van der Waals surface area (Å²) >= 11 is 0. The van der Waals surface area contributed by atoms with Crippen molar-refractivity contribution >= 4 is 17.7 Å². The van der Waals surface area contributed by atoms with Gasteiger partial charge in [0.05, 0.1) is 25.7 Å². The number of Topliss-reactive ketones (excluding diaryl/α,β-unsaturated/α-hetero) is 1. The van der Waals surface area contributed by atoms with E-state index in [1.165, 1.54) is 7.11 Å². The molecule has 10 atom stereocenters. The van der Waals surface area contributed by atoms with Gasteiger partial charge in [0.2, 0.25) is 0 Å². The Labute approximate surface area is 205 Å². The molecular weight excluding hydrogens is 452 g/mol. The molecule has 0 spiro atoms. The van der Waals surface area contributed by atoms with E-state index in [0.29, 0.717) is 12.8 Å². The number of carbonyl (C=O) groups excluding carboxylic acids is 3. The maximum atomic E-state index is 13.9. The Bertz CT molecular complexity index is 1030. The molecule has 0 aromatic carbocycles. The van der Waals surface area contributed by atoms with Gasteiger partial charge in [-0.15, -0.1) is 0 Å². The second-order valence-electron chi connectivity index (χ2n) is 12.3. The molecule has 2 heterocycles. The molecule has 2 bridgehead atoms. The summed E-state index contributed by atoms with van der Waals surface area (Å²) in [7, 11) is 1.21. The van der Waals surface area contributed by atoms with Crippen LogP contribution in [0.25, 0.3) is 0 Å². The zero-order valence-electron chi connectivity index (χ0n) is 21.0. The monoisotopic (exact) mass is 488 g/mol. The average Bonchev–Trinajstić information content (AvgIpc) is 3.34. The minimum atomic E-state index is -1.54. The van der Waals surface area contributed by atoms with Crippen molar-refractivity contribution in [2.75, 3.05) is 7.11 Å². The average molecular weight is 489 g/mol. The van der Waals surface area contributed by atoms with Crippen LogP contribution in [0.1, 0.15) is 65.0 Å². The lowest BCUT2D eigenvalue weighted by Gasteiger charge is -2.67. The lowest BCUT2D eigenvalue weighted by Crippen LogP contribution is -2.71. The highest BCUT2D eigenvalue weighted by atomic mass is 16.5. The number of methoxy groups -OCH3 is 1. The number of carbonyl (C=O) groups is 3. The fraction of sp³-hybridized carbons (Fsp3) is 0.741. The molecule has 192 valence electrons. The molecule has 1 aromatic heterocycles. The number of esters is 2. The number of hydrogen-bond acceptors (Lipinski definition) is 8. The normalized spacial score (nSPS) is 45.1. The van der Waals surface area contributed by atoms with Crippen LogP contribution < -0.4 is 0 Å². The summed E-state index contributed by atoms with van der Waals surface area (Å²) in [5.74, 6) is -2.86. The van der Waals surface area contributed by atoms with Gasteiger partial charge < -0.3 is 24.1 Å². The quantitative estimate of drug-likeness (QED) is 0.623. The predicted octanol–water partition coefficient (Wildman–Crippen LogP) is 3.06. The van der Waals surface area contributed by atoms with Crippen LogP contribution in [0.15, 0.2) is 23.0 Å². The Balaban J connectivity index is 1.61. The van der Waals surface area contributed by atoms with Gasteiger partial charge in [-0.3, -0.25) is 9.59 Å². The van der Waals surface area contributed by atoms with Gasteiger partial charge in [0.25, 0.3) is 0 Å². The topological polar surface area (TPSA) is 123 Å². The van der Waals surface area contributed by atoms with E-state index < -0.39 is 46.9 Å². The molecule has 1 aliphatic heterocycles. The van der Waals surface area contributed by atoms with E-state index in [1.54, 1.807) is 12.5 Å². The Morgan fingerprint density at radius 1 is 1.20 bits per heavy atom. The Kier molecular flexibility index (Phi) is 5.53. The van der Waals surface area contributed by atoms with Crippen LogP contribution in [0, 0.1) is 45.8 Å². The maximum absolute atomic E-state index is 13.9. The first-order valence-corrected chi connectivity index (χ1v) is 12.6. The zero-order chi connectivity index (χ0) is 25.5. The number of cyclic esters (lactones) is 1. The first-order chi connectivity index (χ1) is 16.4. The number of hydrogen-bond donors (Lipinski definition) is 2. The van der Waals surface area contributed by atoms with Crippen LogP contribution in [-0.2, 0) is 23.9 Å². The second kappa shape index (κ2) is 7.90. The summed E-state index contributed by atoms with van der Waals surface area (Å²) < 4.78 is 16.0. The van der Waals surface area contributed by atoms with Crippen molar-refractivity contribution in [2.24, 2.45) is 45.8 Å². The molecule has 2 N–H and O–H groups in total. The van der Waals surface area contributed by atoms with Crippen molar-refractivity contribution in [1.82, 2.24) is 0 Å². The molecule has 0 radical (unpaired) electrons. The Hall–Kier alpha value is -2.19. The van der Waals surface area contributed by atoms with Crippen molar-refractivity contribution < 1.29 is 38.5 Å². The third-order valence-corrected chi connectivity index (χ3v) is 10.5. The van der Waals surface area contributed by atoms with Crippen LogP contribution in [-0.4, -0.2) is 47.3 Å². The van der Waals surface area contributed by atoms with E-state index in [4.69, 9.17) is 13.9 Å². The van der Waals surface area contributed by atoms with Crippen molar-refractivity contribution in [2.45, 2.75) is 71.7 Å². The molecule has 8 heteroatoms. The van der Waals surface area contributed by atoms with E-state index in [9.17, 15) is 24.6 Å². The molecular formula is C27H36O8. The summed E-state index contributed by atoms with van der Waals surface area (Å²) in [6.07, 6.45) is 2.31. The van der Waals surface area contributed by atoms with Gasteiger partial charge in [0.15, 0.2) is 6.10 Å². The summed E-state index contributed by atoms with van der Waals surface area (Å²) in [4.78, 5) is 39.3. The third kappa shape index (κ3) is 3.14. The highest BCUT2D eigenvalue weighted by molar-refractivity contribution is 5.91. The second-order valence-corrected chi connectivity index (χ2v) is 12.3. The Morgan fingerprint density at radius 3 is 2.54 bits per heavy atom. The van der Waals surface area contributed by atoms with Gasteiger partial charge in [0.1, 0.15) is 11.9 Å². The fourth-order valence-corrected chi connectivity index (χ4v) is 8.89. The van der Waals surface area contributed by atoms with Gasteiger partial charge >= 0.3 is 11.9 Å². The summed E-state index contributed by atoms with van der Waals surface area (Å²) in [6.45, 7) is 7.66. The zero-order valence-corrected chi connectivity index (χ0v) is 21.0. The lowest BCUT2D eigenvalue weighted by molar-refractivity contribution is -0.237. The first-order valence-electron chi connectivity index (χ1n) is 12.6. The highest BCUT2D eigenvalue weighted by Gasteiger charge is 2.71. The van der Waals surface area contributed by atoms with E-state index in [2.05, 4.69) is 6.92 Å². The Morgan fingerprint density at radius 2 is 1.91 bits per heavy atom. The van der Waals surface area contributed by atoms with Crippen LogP contribution in [0.3, 0.4) is 0 Å². The summed E-state index contributed by atoms with van der Waals surface area (Å²) in [6, 6.07) is 1.83. The number of rotatable bonds is 3. The highest BCUT2D eigenvalue weighted by Crippen LogP contribution is 2.69. The predicted molar refractivity (Wildman–Crippen MR) is 122 cm³/mol. The summed E-state index contributed by atoms with van der Waals surface area (Å²) in [5, 5.41) is 22.6. The fourth-order valence-electron chi connectivity index (χ4n) is 8.89. The van der Waals surface area contributed by atoms with E-state index in [0.717, 1.165) is 12.0 Å². The molecule has 4 fully saturated rings. The van der Waals surface area contributed by atoms with Gasteiger partial charge in [-0.1, -0.05) is 27.7 Å². The van der Waals surface area contributed by atoms with E-state index in [1.807, 2.05) is 26.8 Å². The van der Waals surface area contributed by atoms with E-state index >= 15 is 0 Å². The molecule has 35 heavy (non-hydrogen) atoms. The van der Waals surface area contributed by atoms with Gasteiger partial charge in [-0.2, -0.15) is 0 Å². The standard InChI is InChI=1S/C27H36O8/c1-25(2)20(19(29)24(32)33-5)27(4)16-6-8-26(3)17(14(16)10-15(21(25)30)22(27)31)11-18(28)35-23(26)13-7-9-34-12-13/h7,9,12,14-17,19-21,23,29-30H,6,8,10-11H2,1-5H3/t14-,15+,16+,17+,19-,20?,21-,23+,26-,27-/m1/s1. The largest absolute Gasteiger partial charge is 0.472 e. The molecule has 1 aromatic rings. The molecule has 3 saturated carbocycles.